The predicted molar refractivity (Wildman–Crippen MR) is 74.8 cm³/mol. The van der Waals surface area contributed by atoms with Gasteiger partial charge in [0.25, 0.3) is 0 Å². The van der Waals surface area contributed by atoms with E-state index in [2.05, 4.69) is 34.1 Å². The number of aromatic nitrogens is 2. The smallest absolute Gasteiger partial charge is 0.225 e. The second-order valence-corrected chi connectivity index (χ2v) is 5.73. The molecule has 1 fully saturated rings. The Morgan fingerprint density at radius 1 is 1.50 bits per heavy atom. The van der Waals surface area contributed by atoms with Gasteiger partial charge < -0.3 is 9.64 Å². The second-order valence-electron chi connectivity index (χ2n) is 4.53. The summed E-state index contributed by atoms with van der Waals surface area (Å²) in [7, 11) is 0. The Labute approximate surface area is 115 Å². The average molecular weight is 284 g/mol. The number of aryl methyl sites for hydroxylation is 1. The monoisotopic (exact) mass is 283 g/mol. The molecule has 96 valence electrons. The minimum Gasteiger partial charge on any atom is -0.377 e. The van der Waals surface area contributed by atoms with Gasteiger partial charge in [-0.05, 0) is 36.4 Å². The zero-order chi connectivity index (χ0) is 12.7. The van der Waals surface area contributed by atoms with Crippen LogP contribution in [0.4, 0.5) is 5.82 Å². The van der Waals surface area contributed by atoms with Crippen LogP contribution in [0, 0.1) is 6.92 Å². The lowest BCUT2D eigenvalue weighted by Gasteiger charge is -2.34. The molecule has 3 heterocycles. The van der Waals surface area contributed by atoms with E-state index in [-0.39, 0.29) is 0 Å². The van der Waals surface area contributed by atoms with Crippen LogP contribution in [-0.4, -0.2) is 35.8 Å². The first kappa shape index (κ1) is 12.1. The number of hydrogen-bond acceptors (Lipinski definition) is 5. The summed E-state index contributed by atoms with van der Waals surface area (Å²) < 4.78 is 5.47. The zero-order valence-electron chi connectivity index (χ0n) is 10.3. The van der Waals surface area contributed by atoms with Crippen molar-refractivity contribution in [1.82, 2.24) is 9.97 Å². The SMILES string of the molecule is Cc1csc2nc(Cl)nc(N3CCOCC3C)c12. The summed E-state index contributed by atoms with van der Waals surface area (Å²) in [6.45, 7) is 6.54. The third kappa shape index (κ3) is 1.96. The number of ether oxygens (including phenoxy) is 1. The van der Waals surface area contributed by atoms with Crippen LogP contribution in [0.25, 0.3) is 10.2 Å². The molecule has 18 heavy (non-hydrogen) atoms. The summed E-state index contributed by atoms with van der Waals surface area (Å²) in [6.07, 6.45) is 0. The van der Waals surface area contributed by atoms with E-state index in [1.807, 2.05) is 0 Å². The van der Waals surface area contributed by atoms with Crippen molar-refractivity contribution in [2.75, 3.05) is 24.7 Å². The molecule has 1 saturated heterocycles. The van der Waals surface area contributed by atoms with Gasteiger partial charge in [0.2, 0.25) is 5.28 Å². The fourth-order valence-electron chi connectivity index (χ4n) is 2.29. The van der Waals surface area contributed by atoms with Gasteiger partial charge in [-0.3, -0.25) is 0 Å². The molecule has 1 aliphatic heterocycles. The summed E-state index contributed by atoms with van der Waals surface area (Å²) >= 11 is 7.64. The molecule has 2 aromatic heterocycles. The Hall–Kier alpha value is -0.910. The standard InChI is InChI=1S/C12H14ClN3OS/c1-7-6-18-11-9(7)10(14-12(13)15-11)16-3-4-17-5-8(16)2/h6,8H,3-5H2,1-2H3. The number of rotatable bonds is 1. The second kappa shape index (κ2) is 4.64. The summed E-state index contributed by atoms with van der Waals surface area (Å²) in [6, 6.07) is 0.312. The van der Waals surface area contributed by atoms with Gasteiger partial charge in [0, 0.05) is 6.54 Å². The van der Waals surface area contributed by atoms with Gasteiger partial charge in [0.05, 0.1) is 24.6 Å². The molecule has 6 heteroatoms. The van der Waals surface area contributed by atoms with Gasteiger partial charge in [-0.15, -0.1) is 11.3 Å². The number of halogens is 1. The Balaban J connectivity index is 2.17. The van der Waals surface area contributed by atoms with Crippen LogP contribution in [0.5, 0.6) is 0 Å². The first-order valence-electron chi connectivity index (χ1n) is 5.92. The molecule has 0 amide bonds. The fraction of sp³-hybridized carbons (Fsp3) is 0.500. The third-order valence-corrected chi connectivity index (χ3v) is 4.37. The highest BCUT2D eigenvalue weighted by molar-refractivity contribution is 7.17. The van der Waals surface area contributed by atoms with Crippen molar-refractivity contribution < 1.29 is 4.74 Å². The number of morpholine rings is 1. The Kier molecular flexibility index (Phi) is 3.13. The van der Waals surface area contributed by atoms with Crippen molar-refractivity contribution in [3.8, 4) is 0 Å². The number of anilines is 1. The van der Waals surface area contributed by atoms with Crippen LogP contribution < -0.4 is 4.90 Å². The van der Waals surface area contributed by atoms with E-state index in [4.69, 9.17) is 16.3 Å². The van der Waals surface area contributed by atoms with Crippen molar-refractivity contribution in [1.29, 1.82) is 0 Å². The van der Waals surface area contributed by atoms with E-state index in [0.29, 0.717) is 11.3 Å². The zero-order valence-corrected chi connectivity index (χ0v) is 11.9. The van der Waals surface area contributed by atoms with Crippen LogP contribution >= 0.6 is 22.9 Å². The molecule has 1 unspecified atom stereocenters. The summed E-state index contributed by atoms with van der Waals surface area (Å²) in [5, 5.41) is 3.54. The van der Waals surface area contributed by atoms with Crippen molar-refractivity contribution in [2.45, 2.75) is 19.9 Å². The average Bonchev–Trinajstić information content (AvgIpc) is 2.71. The van der Waals surface area contributed by atoms with Gasteiger partial charge in [-0.2, -0.15) is 4.98 Å². The summed E-state index contributed by atoms with van der Waals surface area (Å²) in [4.78, 5) is 12.0. The van der Waals surface area contributed by atoms with Crippen molar-refractivity contribution >= 4 is 39.0 Å². The molecular formula is C12H14ClN3OS. The van der Waals surface area contributed by atoms with Crippen LogP contribution in [0.1, 0.15) is 12.5 Å². The van der Waals surface area contributed by atoms with Crippen LogP contribution in [0.2, 0.25) is 5.28 Å². The van der Waals surface area contributed by atoms with E-state index in [1.165, 1.54) is 5.56 Å². The van der Waals surface area contributed by atoms with E-state index in [9.17, 15) is 0 Å². The molecular weight excluding hydrogens is 270 g/mol. The molecule has 0 bridgehead atoms. The third-order valence-electron chi connectivity index (χ3n) is 3.21. The lowest BCUT2D eigenvalue weighted by molar-refractivity contribution is 0.0987. The first-order chi connectivity index (χ1) is 8.66. The molecule has 2 aromatic rings. The topological polar surface area (TPSA) is 38.2 Å². The molecule has 0 N–H and O–H groups in total. The Bertz CT molecular complexity index is 586. The van der Waals surface area contributed by atoms with Crippen molar-refractivity contribution in [3.63, 3.8) is 0 Å². The first-order valence-corrected chi connectivity index (χ1v) is 7.18. The fourth-order valence-corrected chi connectivity index (χ4v) is 3.42. The van der Waals surface area contributed by atoms with Gasteiger partial charge in [-0.25, -0.2) is 4.98 Å². The molecule has 0 radical (unpaired) electrons. The maximum atomic E-state index is 6.03. The highest BCUT2D eigenvalue weighted by Crippen LogP contribution is 2.33. The molecule has 0 aromatic carbocycles. The molecule has 3 rings (SSSR count). The van der Waals surface area contributed by atoms with Gasteiger partial charge in [0.1, 0.15) is 10.6 Å². The molecule has 0 spiro atoms. The van der Waals surface area contributed by atoms with Crippen LogP contribution in [0.15, 0.2) is 5.38 Å². The molecule has 0 aliphatic carbocycles. The largest absolute Gasteiger partial charge is 0.377 e. The minimum atomic E-state index is 0.312. The minimum absolute atomic E-state index is 0.312. The Morgan fingerprint density at radius 2 is 2.33 bits per heavy atom. The van der Waals surface area contributed by atoms with Crippen molar-refractivity contribution in [2.24, 2.45) is 0 Å². The molecule has 4 nitrogen and oxygen atoms in total. The maximum Gasteiger partial charge on any atom is 0.225 e. The summed E-state index contributed by atoms with van der Waals surface area (Å²) in [5.41, 5.74) is 1.21. The van der Waals surface area contributed by atoms with E-state index in [0.717, 1.165) is 35.8 Å². The number of fused-ring (bicyclic) bond motifs is 1. The van der Waals surface area contributed by atoms with E-state index >= 15 is 0 Å². The molecule has 0 saturated carbocycles. The normalized spacial score (nSPS) is 20.6. The lowest BCUT2D eigenvalue weighted by atomic mass is 10.2. The predicted octanol–water partition coefficient (Wildman–Crippen LogP) is 2.88. The highest BCUT2D eigenvalue weighted by Gasteiger charge is 2.24. The highest BCUT2D eigenvalue weighted by atomic mass is 35.5. The number of thiophene rings is 1. The quantitative estimate of drug-likeness (QED) is 0.755. The Morgan fingerprint density at radius 3 is 3.11 bits per heavy atom. The van der Waals surface area contributed by atoms with Gasteiger partial charge in [-0.1, -0.05) is 0 Å². The summed E-state index contributed by atoms with van der Waals surface area (Å²) in [5.74, 6) is 0.944. The van der Waals surface area contributed by atoms with Gasteiger partial charge >= 0.3 is 0 Å². The van der Waals surface area contributed by atoms with Gasteiger partial charge in [0.15, 0.2) is 0 Å². The lowest BCUT2D eigenvalue weighted by Crippen LogP contribution is -2.44. The van der Waals surface area contributed by atoms with E-state index < -0.39 is 0 Å². The van der Waals surface area contributed by atoms with Crippen molar-refractivity contribution in [3.05, 3.63) is 16.2 Å². The van der Waals surface area contributed by atoms with Crippen LogP contribution in [-0.2, 0) is 4.74 Å². The number of hydrogen-bond donors (Lipinski definition) is 0. The molecule has 1 atom stereocenters. The van der Waals surface area contributed by atoms with E-state index in [1.54, 1.807) is 11.3 Å². The molecule has 1 aliphatic rings. The van der Waals surface area contributed by atoms with Crippen LogP contribution in [0.3, 0.4) is 0 Å². The number of nitrogens with zero attached hydrogens (tertiary/aromatic N) is 3. The maximum absolute atomic E-state index is 6.03.